The highest BCUT2D eigenvalue weighted by Crippen LogP contribution is 2.16. The fourth-order valence-corrected chi connectivity index (χ4v) is 3.37. The third-order valence-electron chi connectivity index (χ3n) is 5.17. The standard InChI is InChI=1S/C27H34ClNO7/c1-33-27(32)23-8-6-21(7-9-23)26(31)22-10-12-24(13-11-22)36-20-25(30)29-15-17-35-19-18-34-16-5-3-2-4-14-28/h6-13H,2-5,14-20H2,1H3,(H,29,30). The third-order valence-corrected chi connectivity index (χ3v) is 5.43. The van der Waals surface area contributed by atoms with E-state index >= 15 is 0 Å². The largest absolute Gasteiger partial charge is 0.484 e. The van der Waals surface area contributed by atoms with Crippen LogP contribution in [-0.2, 0) is 19.0 Å². The smallest absolute Gasteiger partial charge is 0.337 e. The zero-order valence-corrected chi connectivity index (χ0v) is 21.4. The molecule has 196 valence electrons. The molecule has 8 nitrogen and oxygen atoms in total. The molecule has 36 heavy (non-hydrogen) atoms. The van der Waals surface area contributed by atoms with E-state index in [0.717, 1.165) is 32.3 Å². The average Bonchev–Trinajstić information content (AvgIpc) is 2.92. The van der Waals surface area contributed by atoms with Gasteiger partial charge in [0.1, 0.15) is 5.75 Å². The number of carbonyl (C=O) groups excluding carboxylic acids is 3. The quantitative estimate of drug-likeness (QED) is 0.137. The van der Waals surface area contributed by atoms with E-state index in [-0.39, 0.29) is 18.3 Å². The molecular formula is C27H34ClNO7. The van der Waals surface area contributed by atoms with Gasteiger partial charge in [-0.15, -0.1) is 11.6 Å². The molecule has 2 aromatic rings. The van der Waals surface area contributed by atoms with E-state index in [9.17, 15) is 14.4 Å². The molecule has 2 rings (SSSR count). The SMILES string of the molecule is COC(=O)c1ccc(C(=O)c2ccc(OCC(=O)NCCOCCOCCCCCCCl)cc2)cc1. The van der Waals surface area contributed by atoms with Gasteiger partial charge in [-0.1, -0.05) is 25.0 Å². The van der Waals surface area contributed by atoms with Crippen molar-refractivity contribution in [2.24, 2.45) is 0 Å². The Morgan fingerprint density at radius 1 is 0.750 bits per heavy atom. The van der Waals surface area contributed by atoms with Crippen molar-refractivity contribution in [3.8, 4) is 5.75 Å². The zero-order valence-electron chi connectivity index (χ0n) is 20.6. The molecule has 0 aromatic heterocycles. The number of nitrogens with one attached hydrogen (secondary N) is 1. The molecule has 0 fully saturated rings. The minimum Gasteiger partial charge on any atom is -0.484 e. The van der Waals surface area contributed by atoms with Crippen LogP contribution in [-0.4, -0.2) is 70.2 Å². The lowest BCUT2D eigenvalue weighted by Gasteiger charge is -2.09. The van der Waals surface area contributed by atoms with Crippen LogP contribution in [0.15, 0.2) is 48.5 Å². The van der Waals surface area contributed by atoms with E-state index < -0.39 is 5.97 Å². The molecule has 1 N–H and O–H groups in total. The first-order chi connectivity index (χ1) is 17.5. The number of hydrogen-bond acceptors (Lipinski definition) is 7. The van der Waals surface area contributed by atoms with E-state index in [0.29, 0.717) is 54.7 Å². The van der Waals surface area contributed by atoms with Gasteiger partial charge < -0.3 is 24.3 Å². The van der Waals surface area contributed by atoms with Gasteiger partial charge in [0.15, 0.2) is 12.4 Å². The lowest BCUT2D eigenvalue weighted by molar-refractivity contribution is -0.123. The molecule has 0 saturated heterocycles. The number of alkyl halides is 1. The van der Waals surface area contributed by atoms with Crippen molar-refractivity contribution in [1.29, 1.82) is 0 Å². The summed E-state index contributed by atoms with van der Waals surface area (Å²) in [6, 6.07) is 12.7. The van der Waals surface area contributed by atoms with Crippen molar-refractivity contribution in [2.75, 3.05) is 52.6 Å². The van der Waals surface area contributed by atoms with Crippen LogP contribution in [0.1, 0.15) is 52.0 Å². The van der Waals surface area contributed by atoms with Gasteiger partial charge in [0.05, 0.1) is 32.5 Å². The number of rotatable bonds is 18. The molecule has 0 atom stereocenters. The maximum absolute atomic E-state index is 12.6. The lowest BCUT2D eigenvalue weighted by atomic mass is 10.0. The van der Waals surface area contributed by atoms with Gasteiger partial charge in [-0.3, -0.25) is 9.59 Å². The Kier molecular flexibility index (Phi) is 14.2. The number of benzene rings is 2. The molecule has 1 amide bonds. The zero-order chi connectivity index (χ0) is 26.0. The van der Waals surface area contributed by atoms with Gasteiger partial charge >= 0.3 is 5.97 Å². The number of carbonyl (C=O) groups is 3. The summed E-state index contributed by atoms with van der Waals surface area (Å²) in [7, 11) is 1.30. The minimum absolute atomic E-state index is 0.144. The van der Waals surface area contributed by atoms with Crippen LogP contribution in [0.25, 0.3) is 0 Å². The summed E-state index contributed by atoms with van der Waals surface area (Å²) in [5.41, 5.74) is 1.28. The highest BCUT2D eigenvalue weighted by Gasteiger charge is 2.11. The van der Waals surface area contributed by atoms with Gasteiger partial charge in [0, 0.05) is 30.2 Å². The molecule has 0 bridgehead atoms. The van der Waals surface area contributed by atoms with Crippen LogP contribution in [0.5, 0.6) is 5.75 Å². The fourth-order valence-electron chi connectivity index (χ4n) is 3.18. The summed E-state index contributed by atoms with van der Waals surface area (Å²) in [6.07, 6.45) is 4.33. The Balaban J connectivity index is 1.58. The van der Waals surface area contributed by atoms with E-state index in [1.165, 1.54) is 7.11 Å². The molecular weight excluding hydrogens is 486 g/mol. The summed E-state index contributed by atoms with van der Waals surface area (Å²) < 4.78 is 21.1. The van der Waals surface area contributed by atoms with Crippen molar-refractivity contribution in [3.63, 3.8) is 0 Å². The van der Waals surface area contributed by atoms with Crippen molar-refractivity contribution < 1.29 is 33.3 Å². The Morgan fingerprint density at radius 2 is 1.33 bits per heavy atom. The van der Waals surface area contributed by atoms with E-state index in [4.69, 9.17) is 25.8 Å². The second-order valence-corrected chi connectivity index (χ2v) is 8.27. The number of ether oxygens (including phenoxy) is 4. The predicted octanol–water partition coefficient (Wildman–Crippen LogP) is 4.03. The van der Waals surface area contributed by atoms with Crippen LogP contribution >= 0.6 is 11.6 Å². The van der Waals surface area contributed by atoms with Crippen LogP contribution in [0.2, 0.25) is 0 Å². The molecule has 9 heteroatoms. The Labute approximate surface area is 217 Å². The van der Waals surface area contributed by atoms with Crippen LogP contribution < -0.4 is 10.1 Å². The number of hydrogen-bond donors (Lipinski definition) is 1. The number of unbranched alkanes of at least 4 members (excludes halogenated alkanes) is 3. The Hall–Kier alpha value is -2.94. The van der Waals surface area contributed by atoms with Crippen LogP contribution in [0, 0.1) is 0 Å². The molecule has 0 aliphatic carbocycles. The predicted molar refractivity (Wildman–Crippen MR) is 137 cm³/mol. The number of esters is 1. The normalized spacial score (nSPS) is 10.6. The topological polar surface area (TPSA) is 100 Å². The third kappa shape index (κ3) is 11.2. The number of halogens is 1. The van der Waals surface area contributed by atoms with Gasteiger partial charge in [-0.2, -0.15) is 0 Å². The molecule has 0 heterocycles. The number of ketones is 1. The molecule has 0 aliphatic heterocycles. The van der Waals surface area contributed by atoms with Crippen molar-refractivity contribution >= 4 is 29.3 Å². The maximum atomic E-state index is 12.6. The monoisotopic (exact) mass is 519 g/mol. The average molecular weight is 520 g/mol. The highest BCUT2D eigenvalue weighted by molar-refractivity contribution is 6.17. The minimum atomic E-state index is -0.461. The Morgan fingerprint density at radius 3 is 1.97 bits per heavy atom. The fraction of sp³-hybridized carbons (Fsp3) is 0.444. The summed E-state index contributed by atoms with van der Waals surface area (Å²) in [5, 5.41) is 2.72. The van der Waals surface area contributed by atoms with Crippen molar-refractivity contribution in [3.05, 3.63) is 65.2 Å². The molecule has 0 spiro atoms. The Bertz CT molecular complexity index is 932. The van der Waals surface area contributed by atoms with Crippen LogP contribution in [0.3, 0.4) is 0 Å². The van der Waals surface area contributed by atoms with E-state index in [2.05, 4.69) is 10.1 Å². The van der Waals surface area contributed by atoms with Crippen molar-refractivity contribution in [1.82, 2.24) is 5.32 Å². The summed E-state index contributed by atoms with van der Waals surface area (Å²) >= 11 is 5.63. The molecule has 2 aromatic carbocycles. The highest BCUT2D eigenvalue weighted by atomic mass is 35.5. The summed E-state index contributed by atoms with van der Waals surface area (Å²) in [4.78, 5) is 36.1. The number of amides is 1. The van der Waals surface area contributed by atoms with Gasteiger partial charge in [0.25, 0.3) is 5.91 Å². The van der Waals surface area contributed by atoms with Gasteiger partial charge in [0.2, 0.25) is 0 Å². The van der Waals surface area contributed by atoms with Gasteiger partial charge in [-0.05, 0) is 49.2 Å². The van der Waals surface area contributed by atoms with Crippen LogP contribution in [0.4, 0.5) is 0 Å². The molecule has 0 radical (unpaired) electrons. The first kappa shape index (κ1) is 29.3. The second-order valence-electron chi connectivity index (χ2n) is 7.89. The molecule has 0 unspecified atom stereocenters. The van der Waals surface area contributed by atoms with Gasteiger partial charge in [-0.25, -0.2) is 4.79 Å². The van der Waals surface area contributed by atoms with E-state index in [1.54, 1.807) is 48.5 Å². The molecule has 0 aliphatic rings. The first-order valence-corrected chi connectivity index (χ1v) is 12.5. The summed E-state index contributed by atoms with van der Waals surface area (Å²) in [5.74, 6) is 0.266. The number of methoxy groups -OCH3 is 1. The summed E-state index contributed by atoms with van der Waals surface area (Å²) in [6.45, 7) is 2.36. The van der Waals surface area contributed by atoms with Crippen molar-refractivity contribution in [2.45, 2.75) is 25.7 Å². The van der Waals surface area contributed by atoms with E-state index in [1.807, 2.05) is 0 Å². The molecule has 0 saturated carbocycles. The first-order valence-electron chi connectivity index (χ1n) is 12.0. The lowest BCUT2D eigenvalue weighted by Crippen LogP contribution is -2.31. The maximum Gasteiger partial charge on any atom is 0.337 e. The second kappa shape index (κ2) is 17.5.